The molecule has 1 fully saturated rings. The van der Waals surface area contributed by atoms with Crippen molar-refractivity contribution in [3.63, 3.8) is 0 Å². The van der Waals surface area contributed by atoms with Crippen LogP contribution in [0.5, 0.6) is 0 Å². The summed E-state index contributed by atoms with van der Waals surface area (Å²) in [7, 11) is 0. The van der Waals surface area contributed by atoms with Gasteiger partial charge in [-0.25, -0.2) is 4.79 Å². The molecule has 2 amide bonds. The maximum absolute atomic E-state index is 12.1. The molecule has 1 aromatic carbocycles. The molecule has 0 aliphatic carbocycles. The van der Waals surface area contributed by atoms with E-state index in [1.165, 1.54) is 0 Å². The molecule has 1 saturated heterocycles. The third-order valence-corrected chi connectivity index (χ3v) is 4.19. The fraction of sp³-hybridized carbons (Fsp3) is 0.467. The lowest BCUT2D eigenvalue weighted by Crippen LogP contribution is -2.55. The Labute approximate surface area is 131 Å². The summed E-state index contributed by atoms with van der Waals surface area (Å²) in [6, 6.07) is 9.99. The van der Waals surface area contributed by atoms with Crippen LogP contribution in [0.4, 0.5) is 4.79 Å². The van der Waals surface area contributed by atoms with Crippen molar-refractivity contribution in [3.05, 3.63) is 35.9 Å². The van der Waals surface area contributed by atoms with E-state index in [0.29, 0.717) is 24.6 Å². The van der Waals surface area contributed by atoms with Crippen molar-refractivity contribution in [1.82, 2.24) is 15.1 Å². The first-order valence-electron chi connectivity index (χ1n) is 7.18. The van der Waals surface area contributed by atoms with Gasteiger partial charge in [0, 0.05) is 32.7 Å². The number of benzene rings is 1. The van der Waals surface area contributed by atoms with Gasteiger partial charge in [-0.05, 0) is 12.5 Å². The number of nitrogens with one attached hydrogen (secondary N) is 1. The number of carbonyl (C=O) groups excluding carboxylic acids is 1. The summed E-state index contributed by atoms with van der Waals surface area (Å²) in [5.41, 5.74) is 6.77. The fourth-order valence-electron chi connectivity index (χ4n) is 2.38. The van der Waals surface area contributed by atoms with Crippen molar-refractivity contribution in [2.24, 2.45) is 5.73 Å². The Bertz CT molecular complexity index is 486. The lowest BCUT2D eigenvalue weighted by molar-refractivity contribution is 0.131. The van der Waals surface area contributed by atoms with Gasteiger partial charge in [0.25, 0.3) is 0 Å². The zero-order chi connectivity index (χ0) is 15.2. The summed E-state index contributed by atoms with van der Waals surface area (Å²) in [5.74, 6) is 0. The number of rotatable bonds is 4. The molecule has 1 atom stereocenters. The molecule has 0 radical (unpaired) electrons. The van der Waals surface area contributed by atoms with E-state index in [0.717, 1.165) is 18.7 Å². The number of carbonyl (C=O) groups is 1. The van der Waals surface area contributed by atoms with Gasteiger partial charge in [-0.2, -0.15) is 0 Å². The van der Waals surface area contributed by atoms with Crippen LogP contribution in [0.15, 0.2) is 30.3 Å². The molecule has 0 bridgehead atoms. The van der Waals surface area contributed by atoms with Crippen molar-refractivity contribution in [2.75, 3.05) is 26.2 Å². The molecule has 0 saturated carbocycles. The van der Waals surface area contributed by atoms with Gasteiger partial charge in [-0.3, -0.25) is 4.90 Å². The van der Waals surface area contributed by atoms with Gasteiger partial charge in [0.2, 0.25) is 0 Å². The Morgan fingerprint density at radius 1 is 1.29 bits per heavy atom. The SMILES string of the molecule is CC(C(N)=S)N1CCN(C(=O)NCc2ccccc2)CC1. The van der Waals surface area contributed by atoms with Crippen LogP contribution in [0, 0.1) is 0 Å². The standard InChI is InChI=1S/C15H22N4OS/c1-12(14(16)21)18-7-9-19(10-8-18)15(20)17-11-13-5-3-2-4-6-13/h2-6,12H,7-11H2,1H3,(H2,16,21)(H,17,20). The van der Waals surface area contributed by atoms with Crippen LogP contribution in [-0.2, 0) is 6.54 Å². The van der Waals surface area contributed by atoms with Crippen LogP contribution in [0.1, 0.15) is 12.5 Å². The van der Waals surface area contributed by atoms with Crippen molar-refractivity contribution in [1.29, 1.82) is 0 Å². The van der Waals surface area contributed by atoms with Gasteiger partial charge >= 0.3 is 6.03 Å². The summed E-state index contributed by atoms with van der Waals surface area (Å²) in [5, 5.41) is 2.95. The Kier molecular flexibility index (Phi) is 5.52. The normalized spacial score (nSPS) is 17.3. The highest BCUT2D eigenvalue weighted by atomic mass is 32.1. The van der Waals surface area contributed by atoms with Crippen LogP contribution in [-0.4, -0.2) is 53.0 Å². The first-order valence-corrected chi connectivity index (χ1v) is 7.59. The number of piperazine rings is 1. The third kappa shape index (κ3) is 4.41. The maximum Gasteiger partial charge on any atom is 0.317 e. The molecule has 2 rings (SSSR count). The van der Waals surface area contributed by atoms with Crippen LogP contribution < -0.4 is 11.1 Å². The van der Waals surface area contributed by atoms with Crippen LogP contribution in [0.2, 0.25) is 0 Å². The zero-order valence-corrected chi connectivity index (χ0v) is 13.1. The Hall–Kier alpha value is -1.66. The second-order valence-corrected chi connectivity index (χ2v) is 5.72. The first-order chi connectivity index (χ1) is 10.1. The van der Waals surface area contributed by atoms with Gasteiger partial charge in [0.1, 0.15) is 0 Å². The molecule has 6 heteroatoms. The van der Waals surface area contributed by atoms with E-state index >= 15 is 0 Å². The molecule has 1 aliphatic heterocycles. The third-order valence-electron chi connectivity index (χ3n) is 3.85. The minimum absolute atomic E-state index is 0.0125. The summed E-state index contributed by atoms with van der Waals surface area (Å²) in [6.45, 7) is 5.58. The number of nitrogens with zero attached hydrogens (tertiary/aromatic N) is 2. The highest BCUT2D eigenvalue weighted by Gasteiger charge is 2.24. The molecule has 0 aromatic heterocycles. The number of urea groups is 1. The molecule has 21 heavy (non-hydrogen) atoms. The van der Waals surface area contributed by atoms with E-state index in [2.05, 4.69) is 10.2 Å². The molecule has 5 nitrogen and oxygen atoms in total. The summed E-state index contributed by atoms with van der Waals surface area (Å²) in [4.78, 5) is 16.7. The van der Waals surface area contributed by atoms with Crippen molar-refractivity contribution in [2.45, 2.75) is 19.5 Å². The first kappa shape index (κ1) is 15.7. The fourth-order valence-corrected chi connectivity index (χ4v) is 2.53. The average Bonchev–Trinajstić information content (AvgIpc) is 2.53. The molecule has 114 valence electrons. The minimum atomic E-state index is -0.0125. The van der Waals surface area contributed by atoms with Gasteiger partial charge in [-0.1, -0.05) is 42.5 Å². The quantitative estimate of drug-likeness (QED) is 0.820. The van der Waals surface area contributed by atoms with Crippen molar-refractivity contribution >= 4 is 23.2 Å². The molecular formula is C15H22N4OS. The van der Waals surface area contributed by atoms with E-state index in [1.807, 2.05) is 42.2 Å². The number of hydrogen-bond acceptors (Lipinski definition) is 3. The predicted octanol–water partition coefficient (Wildman–Crippen LogP) is 1.19. The lowest BCUT2D eigenvalue weighted by atomic mass is 10.2. The van der Waals surface area contributed by atoms with Gasteiger partial charge < -0.3 is 16.0 Å². The van der Waals surface area contributed by atoms with Crippen LogP contribution >= 0.6 is 12.2 Å². The smallest absolute Gasteiger partial charge is 0.317 e. The largest absolute Gasteiger partial charge is 0.392 e. The molecule has 1 heterocycles. The van der Waals surface area contributed by atoms with E-state index in [1.54, 1.807) is 0 Å². The van der Waals surface area contributed by atoms with Gasteiger partial charge in [0.15, 0.2) is 0 Å². The highest BCUT2D eigenvalue weighted by Crippen LogP contribution is 2.07. The second-order valence-electron chi connectivity index (χ2n) is 5.25. The minimum Gasteiger partial charge on any atom is -0.392 e. The number of amides is 2. The summed E-state index contributed by atoms with van der Waals surface area (Å²) >= 11 is 5.02. The van der Waals surface area contributed by atoms with E-state index in [4.69, 9.17) is 18.0 Å². The summed E-state index contributed by atoms with van der Waals surface area (Å²) in [6.07, 6.45) is 0. The average molecular weight is 306 g/mol. The zero-order valence-electron chi connectivity index (χ0n) is 12.3. The molecule has 1 aromatic rings. The number of thiocarbonyl (C=S) groups is 1. The maximum atomic E-state index is 12.1. The molecular weight excluding hydrogens is 284 g/mol. The van der Waals surface area contributed by atoms with E-state index in [-0.39, 0.29) is 12.1 Å². The predicted molar refractivity (Wildman–Crippen MR) is 88.1 cm³/mol. The molecule has 1 unspecified atom stereocenters. The molecule has 1 aliphatic rings. The van der Waals surface area contributed by atoms with Crippen LogP contribution in [0.3, 0.4) is 0 Å². The number of nitrogens with two attached hydrogens (primary N) is 1. The van der Waals surface area contributed by atoms with E-state index < -0.39 is 0 Å². The van der Waals surface area contributed by atoms with Crippen LogP contribution in [0.25, 0.3) is 0 Å². The Balaban J connectivity index is 1.77. The topological polar surface area (TPSA) is 61.6 Å². The monoisotopic (exact) mass is 306 g/mol. The summed E-state index contributed by atoms with van der Waals surface area (Å²) < 4.78 is 0. The Morgan fingerprint density at radius 2 is 1.90 bits per heavy atom. The Morgan fingerprint density at radius 3 is 2.48 bits per heavy atom. The van der Waals surface area contributed by atoms with Crippen molar-refractivity contribution in [3.8, 4) is 0 Å². The van der Waals surface area contributed by atoms with Crippen molar-refractivity contribution < 1.29 is 4.79 Å². The lowest BCUT2D eigenvalue weighted by Gasteiger charge is -2.37. The molecule has 3 N–H and O–H groups in total. The molecule has 0 spiro atoms. The highest BCUT2D eigenvalue weighted by molar-refractivity contribution is 7.80. The number of hydrogen-bond donors (Lipinski definition) is 2. The second kappa shape index (κ2) is 7.38. The van der Waals surface area contributed by atoms with E-state index in [9.17, 15) is 4.79 Å². The van der Waals surface area contributed by atoms with Gasteiger partial charge in [0.05, 0.1) is 11.0 Å². The van der Waals surface area contributed by atoms with Gasteiger partial charge in [-0.15, -0.1) is 0 Å².